The second kappa shape index (κ2) is 7.84. The van der Waals surface area contributed by atoms with E-state index in [1.165, 1.54) is 6.07 Å². The fourth-order valence-corrected chi connectivity index (χ4v) is 4.21. The molecule has 1 aromatic heterocycles. The van der Waals surface area contributed by atoms with Gasteiger partial charge in [-0.15, -0.1) is 0 Å². The molecule has 0 aromatic carbocycles. The van der Waals surface area contributed by atoms with Crippen LogP contribution in [-0.4, -0.2) is 66.1 Å². The molecule has 1 amide bonds. The number of pyridine rings is 1. The zero-order valence-electron chi connectivity index (χ0n) is 16.4. The number of carbonyl (C=O) groups excluding carboxylic acids is 2. The maximum absolute atomic E-state index is 12.6. The second-order valence-corrected chi connectivity index (χ2v) is 8.06. The molecule has 0 N–H and O–H groups in total. The number of rotatable bonds is 5. The van der Waals surface area contributed by atoms with Crippen LogP contribution in [0.25, 0.3) is 0 Å². The van der Waals surface area contributed by atoms with Crippen molar-refractivity contribution in [3.05, 3.63) is 34.2 Å². The summed E-state index contributed by atoms with van der Waals surface area (Å²) in [4.78, 5) is 40.8. The average molecular weight is 375 g/mol. The highest BCUT2D eigenvalue weighted by molar-refractivity contribution is 5.80. The summed E-state index contributed by atoms with van der Waals surface area (Å²) in [6, 6.07) is 5.11. The van der Waals surface area contributed by atoms with Gasteiger partial charge in [0.1, 0.15) is 6.10 Å². The van der Waals surface area contributed by atoms with Gasteiger partial charge in [-0.05, 0) is 39.9 Å². The van der Waals surface area contributed by atoms with Gasteiger partial charge in [-0.1, -0.05) is 6.07 Å². The lowest BCUT2D eigenvalue weighted by Crippen LogP contribution is -2.45. The fourth-order valence-electron chi connectivity index (χ4n) is 4.21. The van der Waals surface area contributed by atoms with Crippen LogP contribution in [0.3, 0.4) is 0 Å². The number of piperidine rings is 1. The molecular formula is C20H29N3O4. The van der Waals surface area contributed by atoms with Crippen LogP contribution in [0.2, 0.25) is 0 Å². The first-order chi connectivity index (χ1) is 12.8. The third-order valence-corrected chi connectivity index (χ3v) is 5.78. The molecule has 2 aliphatic rings. The van der Waals surface area contributed by atoms with E-state index in [-0.39, 0.29) is 23.5 Å². The maximum atomic E-state index is 12.6. The molecule has 2 saturated heterocycles. The Kier molecular flexibility index (Phi) is 5.69. The number of hydrogen-bond donors (Lipinski definition) is 0. The molecule has 0 bridgehead atoms. The van der Waals surface area contributed by atoms with Gasteiger partial charge < -0.3 is 19.1 Å². The lowest BCUT2D eigenvalue weighted by Gasteiger charge is -2.36. The van der Waals surface area contributed by atoms with Crippen LogP contribution >= 0.6 is 0 Å². The molecule has 0 radical (unpaired) electrons. The Labute approximate surface area is 159 Å². The molecule has 148 valence electrons. The van der Waals surface area contributed by atoms with E-state index in [2.05, 4.69) is 0 Å². The highest BCUT2D eigenvalue weighted by Crippen LogP contribution is 2.43. The maximum Gasteiger partial charge on any atom is 0.312 e. The molecule has 1 atom stereocenters. The quantitative estimate of drug-likeness (QED) is 0.719. The lowest BCUT2D eigenvalue weighted by atomic mass is 9.76. The normalized spacial score (nSPS) is 21.7. The second-order valence-electron chi connectivity index (χ2n) is 8.06. The minimum absolute atomic E-state index is 0.0382. The molecule has 7 heteroatoms. The summed E-state index contributed by atoms with van der Waals surface area (Å²) in [6.45, 7) is 4.14. The summed E-state index contributed by atoms with van der Waals surface area (Å²) in [5.74, 6) is -0.0656. The number of likely N-dealkylation sites (tertiary alicyclic amines) is 1. The summed E-state index contributed by atoms with van der Waals surface area (Å²) in [7, 11) is 3.94. The van der Waals surface area contributed by atoms with Crippen molar-refractivity contribution in [3.8, 4) is 0 Å². The number of hydrogen-bond acceptors (Lipinski definition) is 5. The number of likely N-dealkylation sites (N-methyl/N-ethyl adjacent to an activating group) is 1. The van der Waals surface area contributed by atoms with Crippen molar-refractivity contribution in [2.45, 2.75) is 45.3 Å². The molecule has 2 aliphatic heterocycles. The molecule has 1 unspecified atom stereocenters. The minimum atomic E-state index is -0.426. The van der Waals surface area contributed by atoms with Crippen LogP contribution in [-0.2, 0) is 20.9 Å². The van der Waals surface area contributed by atoms with Crippen LogP contribution in [0.4, 0.5) is 0 Å². The summed E-state index contributed by atoms with van der Waals surface area (Å²) < 4.78 is 7.20. The van der Waals surface area contributed by atoms with Gasteiger partial charge in [0, 0.05) is 50.8 Å². The Hall–Kier alpha value is -2.15. The Bertz CT molecular complexity index is 763. The van der Waals surface area contributed by atoms with Crippen molar-refractivity contribution < 1.29 is 14.3 Å². The van der Waals surface area contributed by atoms with Crippen molar-refractivity contribution in [2.24, 2.45) is 5.41 Å². The summed E-state index contributed by atoms with van der Waals surface area (Å²) in [6.07, 6.45) is 2.30. The Balaban J connectivity index is 1.54. The minimum Gasteiger partial charge on any atom is -0.461 e. The fraction of sp³-hybridized carbons (Fsp3) is 0.650. The predicted molar refractivity (Wildman–Crippen MR) is 101 cm³/mol. The van der Waals surface area contributed by atoms with Gasteiger partial charge in [0.2, 0.25) is 5.91 Å². The van der Waals surface area contributed by atoms with E-state index in [9.17, 15) is 14.4 Å². The van der Waals surface area contributed by atoms with Crippen LogP contribution < -0.4 is 5.56 Å². The predicted octanol–water partition coefficient (Wildman–Crippen LogP) is 1.03. The first-order valence-electron chi connectivity index (χ1n) is 9.61. The van der Waals surface area contributed by atoms with Crippen molar-refractivity contribution in [1.82, 2.24) is 14.4 Å². The average Bonchev–Trinajstić information content (AvgIpc) is 2.89. The topological polar surface area (TPSA) is 71.8 Å². The van der Waals surface area contributed by atoms with E-state index in [1.807, 2.05) is 36.9 Å². The van der Waals surface area contributed by atoms with Gasteiger partial charge >= 0.3 is 5.97 Å². The van der Waals surface area contributed by atoms with Gasteiger partial charge in [-0.3, -0.25) is 14.4 Å². The van der Waals surface area contributed by atoms with Crippen molar-refractivity contribution in [2.75, 3.05) is 33.7 Å². The van der Waals surface area contributed by atoms with Gasteiger partial charge in [0.15, 0.2) is 0 Å². The molecule has 27 heavy (non-hydrogen) atoms. The number of nitrogens with zero attached hydrogens (tertiary/aromatic N) is 3. The Morgan fingerprint density at radius 3 is 2.59 bits per heavy atom. The zero-order valence-corrected chi connectivity index (χ0v) is 16.4. The number of amides is 1. The smallest absolute Gasteiger partial charge is 0.312 e. The largest absolute Gasteiger partial charge is 0.461 e. The monoisotopic (exact) mass is 375 g/mol. The Morgan fingerprint density at radius 2 is 1.96 bits per heavy atom. The van der Waals surface area contributed by atoms with Crippen LogP contribution in [0.15, 0.2) is 23.0 Å². The molecule has 0 aliphatic carbocycles. The molecule has 3 rings (SSSR count). The third-order valence-electron chi connectivity index (χ3n) is 5.78. The van der Waals surface area contributed by atoms with Gasteiger partial charge in [0.05, 0.1) is 5.41 Å². The first-order valence-corrected chi connectivity index (χ1v) is 9.61. The number of cyclic esters (lactones) is 1. The number of aryl methyl sites for hydroxylation is 1. The number of carbonyl (C=O) groups is 2. The summed E-state index contributed by atoms with van der Waals surface area (Å²) in [5.41, 5.74) is 0.347. The van der Waals surface area contributed by atoms with Gasteiger partial charge in [0.25, 0.3) is 5.56 Å². The third kappa shape index (κ3) is 4.24. The number of aromatic nitrogens is 1. The lowest BCUT2D eigenvalue weighted by molar-refractivity contribution is -0.152. The van der Waals surface area contributed by atoms with Crippen molar-refractivity contribution in [3.63, 3.8) is 0 Å². The molecule has 7 nitrogen and oxygen atoms in total. The van der Waals surface area contributed by atoms with Crippen molar-refractivity contribution in [1.29, 1.82) is 0 Å². The van der Waals surface area contributed by atoms with E-state index in [0.717, 1.165) is 18.7 Å². The van der Waals surface area contributed by atoms with Crippen LogP contribution in [0.5, 0.6) is 0 Å². The van der Waals surface area contributed by atoms with Crippen molar-refractivity contribution >= 4 is 11.9 Å². The van der Waals surface area contributed by atoms with E-state index >= 15 is 0 Å². The van der Waals surface area contributed by atoms with E-state index in [1.54, 1.807) is 10.6 Å². The van der Waals surface area contributed by atoms with E-state index in [4.69, 9.17) is 4.74 Å². The SMILES string of the molecule is Cc1cccc(=O)n1CCC(=O)N1CCC2(CC1)CC(CN(C)C)OC2=O. The van der Waals surface area contributed by atoms with E-state index < -0.39 is 5.41 Å². The Morgan fingerprint density at radius 1 is 1.26 bits per heavy atom. The van der Waals surface area contributed by atoms with Crippen LogP contribution in [0.1, 0.15) is 31.4 Å². The van der Waals surface area contributed by atoms with Gasteiger partial charge in [-0.25, -0.2) is 0 Å². The standard InChI is InChI=1S/C20H29N3O4/c1-15-5-4-6-18(25)23(15)10-7-17(24)22-11-8-20(9-12-22)13-16(14-21(2)3)27-19(20)26/h4-6,16H,7-14H2,1-3H3. The van der Waals surface area contributed by atoms with E-state index in [0.29, 0.717) is 38.9 Å². The highest BCUT2D eigenvalue weighted by Gasteiger charge is 2.50. The molecule has 1 spiro atoms. The molecule has 1 aromatic rings. The number of esters is 1. The first kappa shape index (κ1) is 19.6. The van der Waals surface area contributed by atoms with Gasteiger partial charge in [-0.2, -0.15) is 0 Å². The molecular weight excluding hydrogens is 346 g/mol. The highest BCUT2D eigenvalue weighted by atomic mass is 16.6. The zero-order chi connectivity index (χ0) is 19.6. The van der Waals surface area contributed by atoms with Crippen LogP contribution in [0, 0.1) is 12.3 Å². The molecule has 3 heterocycles. The molecule has 2 fully saturated rings. The number of ether oxygens (including phenoxy) is 1. The summed E-state index contributed by atoms with van der Waals surface area (Å²) in [5, 5.41) is 0. The molecule has 0 saturated carbocycles. The summed E-state index contributed by atoms with van der Waals surface area (Å²) >= 11 is 0.